The van der Waals surface area contributed by atoms with Crippen LogP contribution in [0.4, 0.5) is 0 Å². The summed E-state index contributed by atoms with van der Waals surface area (Å²) >= 11 is -1.90. The second-order valence-electron chi connectivity index (χ2n) is 6.84. The summed E-state index contributed by atoms with van der Waals surface area (Å²) in [4.78, 5) is 0. The van der Waals surface area contributed by atoms with Gasteiger partial charge < -0.3 is 0 Å². The molecule has 0 aromatic heterocycles. The molecule has 114 valence electrons. The summed E-state index contributed by atoms with van der Waals surface area (Å²) in [5.74, 6) is 0. The molecule has 0 bridgehead atoms. The molecule has 0 spiro atoms. The molecule has 2 aliphatic rings. The van der Waals surface area contributed by atoms with Gasteiger partial charge in [0, 0.05) is 0 Å². The van der Waals surface area contributed by atoms with Crippen molar-refractivity contribution in [2.45, 2.75) is 30.8 Å². The maximum atomic E-state index is 2.49. The summed E-state index contributed by atoms with van der Waals surface area (Å²) in [6, 6.07) is 18.2. The molecule has 2 aliphatic carbocycles. The van der Waals surface area contributed by atoms with Crippen molar-refractivity contribution in [2.75, 3.05) is 0 Å². The van der Waals surface area contributed by atoms with E-state index in [9.17, 15) is 0 Å². The Bertz CT molecular complexity index is 831. The van der Waals surface area contributed by atoms with Crippen molar-refractivity contribution in [1.82, 2.24) is 0 Å². The first kappa shape index (κ1) is 15.2. The van der Waals surface area contributed by atoms with E-state index in [1.807, 2.05) is 0 Å². The zero-order valence-corrected chi connectivity index (χ0v) is 16.5. The fourth-order valence-electron chi connectivity index (χ4n) is 4.11. The number of allylic oxidation sites excluding steroid dienone is 4. The van der Waals surface area contributed by atoms with Crippen LogP contribution in [0.25, 0.3) is 11.1 Å². The average molecular weight is 378 g/mol. The molecule has 0 amide bonds. The number of benzene rings is 2. The molecular weight excluding hydrogens is 355 g/mol. The van der Waals surface area contributed by atoms with Crippen LogP contribution in [0.2, 0.25) is 0 Å². The van der Waals surface area contributed by atoms with Crippen LogP contribution in [-0.2, 0) is 21.3 Å². The topological polar surface area (TPSA) is 0 Å². The third-order valence-electron chi connectivity index (χ3n) is 5.05. The van der Waals surface area contributed by atoms with E-state index in [0.29, 0.717) is 3.63 Å². The van der Waals surface area contributed by atoms with Crippen molar-refractivity contribution in [3.05, 3.63) is 80.7 Å². The van der Waals surface area contributed by atoms with Crippen LogP contribution in [0.1, 0.15) is 41.9 Å². The van der Waals surface area contributed by atoms with Crippen molar-refractivity contribution in [1.29, 1.82) is 0 Å². The molecule has 0 radical (unpaired) electrons. The van der Waals surface area contributed by atoms with E-state index in [4.69, 9.17) is 0 Å². The Kier molecular flexibility index (Phi) is 3.94. The standard InChI is InChI=1S/C13H9.C6H7.C3H6.Zr/c1-3-7-12-10(5-1)9-11-6-2-4-8-13(11)12;1-6-4-2-3-5-6;1-3-2;/h1-9H;4-5H,2H2,1H3;1-2H3;. The Morgan fingerprint density at radius 2 is 1.48 bits per heavy atom. The molecule has 1 heteroatoms. The molecule has 23 heavy (non-hydrogen) atoms. The molecule has 0 N–H and O–H groups in total. The predicted octanol–water partition coefficient (Wildman–Crippen LogP) is 5.82. The van der Waals surface area contributed by atoms with Gasteiger partial charge in [-0.25, -0.2) is 0 Å². The Hall–Kier alpha value is -1.33. The Morgan fingerprint density at radius 1 is 0.913 bits per heavy atom. The first-order valence-corrected chi connectivity index (χ1v) is 12.3. The molecular formula is C22H22Zr. The summed E-state index contributed by atoms with van der Waals surface area (Å²) in [5.41, 5.74) is 7.55. The molecule has 0 saturated carbocycles. The molecule has 0 aliphatic heterocycles. The SMILES string of the molecule is CC1=CC[C]([Zr](=[C](C)C)[CH]2c3ccccc3-c3ccccc32)=C1. The molecule has 0 nitrogen and oxygen atoms in total. The zero-order chi connectivity index (χ0) is 16.0. The number of rotatable bonds is 2. The fraction of sp³-hybridized carbons (Fsp3) is 0.227. The molecule has 0 saturated heterocycles. The van der Waals surface area contributed by atoms with Crippen molar-refractivity contribution < 1.29 is 21.3 Å². The molecule has 0 fully saturated rings. The summed E-state index contributed by atoms with van der Waals surface area (Å²) in [5, 5.41) is 0. The first-order chi connectivity index (χ1) is 11.2. The number of hydrogen-bond donors (Lipinski definition) is 0. The van der Waals surface area contributed by atoms with E-state index < -0.39 is 21.3 Å². The Labute approximate surface area is 146 Å². The monoisotopic (exact) mass is 376 g/mol. The minimum absolute atomic E-state index is 0.653. The van der Waals surface area contributed by atoms with Gasteiger partial charge in [0.2, 0.25) is 0 Å². The summed E-state index contributed by atoms with van der Waals surface area (Å²) in [6.45, 7) is 7.01. The normalized spacial score (nSPS) is 15.8. The summed E-state index contributed by atoms with van der Waals surface area (Å²) in [7, 11) is 0. The third-order valence-corrected chi connectivity index (χ3v) is 13.2. The summed E-state index contributed by atoms with van der Waals surface area (Å²) in [6.07, 6.45) is 6.09. The van der Waals surface area contributed by atoms with E-state index in [2.05, 4.69) is 81.5 Å². The molecule has 4 rings (SSSR count). The molecule has 0 unspecified atom stereocenters. The van der Waals surface area contributed by atoms with Gasteiger partial charge in [0.15, 0.2) is 0 Å². The zero-order valence-electron chi connectivity index (χ0n) is 14.1. The molecule has 2 aromatic rings. The van der Waals surface area contributed by atoms with Gasteiger partial charge in [-0.1, -0.05) is 0 Å². The third kappa shape index (κ3) is 2.50. The van der Waals surface area contributed by atoms with Gasteiger partial charge in [-0.15, -0.1) is 0 Å². The van der Waals surface area contributed by atoms with Gasteiger partial charge >= 0.3 is 147 Å². The molecule has 0 heterocycles. The van der Waals surface area contributed by atoms with Gasteiger partial charge in [0.05, 0.1) is 0 Å². The van der Waals surface area contributed by atoms with Crippen LogP contribution in [0, 0.1) is 0 Å². The van der Waals surface area contributed by atoms with Crippen LogP contribution in [-0.4, -0.2) is 3.21 Å². The second-order valence-corrected chi connectivity index (χ2v) is 14.3. The van der Waals surface area contributed by atoms with E-state index in [1.54, 1.807) is 17.6 Å². The van der Waals surface area contributed by atoms with Gasteiger partial charge in [-0.3, -0.25) is 0 Å². The van der Waals surface area contributed by atoms with Crippen LogP contribution >= 0.6 is 0 Å². The second kappa shape index (κ2) is 5.95. The van der Waals surface area contributed by atoms with E-state index in [-0.39, 0.29) is 0 Å². The Balaban J connectivity index is 1.94. The first-order valence-electron chi connectivity index (χ1n) is 8.40. The van der Waals surface area contributed by atoms with Crippen molar-refractivity contribution >= 4 is 3.21 Å². The van der Waals surface area contributed by atoms with Crippen LogP contribution < -0.4 is 0 Å². The number of fused-ring (bicyclic) bond motifs is 3. The molecule has 0 atom stereocenters. The van der Waals surface area contributed by atoms with Crippen molar-refractivity contribution in [2.24, 2.45) is 0 Å². The van der Waals surface area contributed by atoms with Crippen LogP contribution in [0.15, 0.2) is 69.5 Å². The number of hydrogen-bond acceptors (Lipinski definition) is 0. The van der Waals surface area contributed by atoms with E-state index in [1.165, 1.54) is 23.1 Å². The van der Waals surface area contributed by atoms with Crippen LogP contribution in [0.5, 0.6) is 0 Å². The van der Waals surface area contributed by atoms with Gasteiger partial charge in [-0.05, 0) is 0 Å². The van der Waals surface area contributed by atoms with Crippen molar-refractivity contribution in [3.63, 3.8) is 0 Å². The van der Waals surface area contributed by atoms with E-state index >= 15 is 0 Å². The fourth-order valence-corrected chi connectivity index (χ4v) is 12.5. The van der Waals surface area contributed by atoms with E-state index in [0.717, 1.165) is 0 Å². The average Bonchev–Trinajstić information content (AvgIpc) is 3.11. The van der Waals surface area contributed by atoms with Crippen molar-refractivity contribution in [3.8, 4) is 11.1 Å². The molecule has 2 aromatic carbocycles. The predicted molar refractivity (Wildman–Crippen MR) is 96.5 cm³/mol. The summed E-state index contributed by atoms with van der Waals surface area (Å²) < 4.78 is 4.13. The minimum atomic E-state index is -1.90. The van der Waals surface area contributed by atoms with Gasteiger partial charge in [-0.2, -0.15) is 0 Å². The van der Waals surface area contributed by atoms with Crippen LogP contribution in [0.3, 0.4) is 0 Å². The Morgan fingerprint density at radius 3 is 1.96 bits per heavy atom. The van der Waals surface area contributed by atoms with Gasteiger partial charge in [0.1, 0.15) is 0 Å². The maximum absolute atomic E-state index is 2.49. The quantitative estimate of drug-likeness (QED) is 0.618. The van der Waals surface area contributed by atoms with Gasteiger partial charge in [0.25, 0.3) is 0 Å².